The van der Waals surface area contributed by atoms with Gasteiger partial charge in [-0.3, -0.25) is 4.57 Å². The van der Waals surface area contributed by atoms with E-state index in [4.69, 9.17) is 0 Å². The minimum Gasteiger partial charge on any atom is -0.288 e. The normalized spacial score (nSPS) is 12.3. The zero-order valence-electron chi connectivity index (χ0n) is 14.5. The monoisotopic (exact) mass is 428 g/mol. The molecule has 11 heteroatoms. The third-order valence-electron chi connectivity index (χ3n) is 3.72. The third-order valence-corrected chi connectivity index (χ3v) is 5.87. The molecule has 0 saturated carbocycles. The number of imidazole rings is 1. The molecule has 2 aromatic heterocycles. The van der Waals surface area contributed by atoms with Gasteiger partial charge in [0.25, 0.3) is 0 Å². The van der Waals surface area contributed by atoms with Gasteiger partial charge in [0.1, 0.15) is 11.6 Å². The topological polar surface area (TPSA) is 76.9 Å². The van der Waals surface area contributed by atoms with Crippen molar-refractivity contribution in [2.45, 2.75) is 28.8 Å². The van der Waals surface area contributed by atoms with Gasteiger partial charge in [0.2, 0.25) is 10.0 Å². The number of nitrogens with one attached hydrogen (secondary N) is 1. The van der Waals surface area contributed by atoms with E-state index in [1.165, 1.54) is 0 Å². The van der Waals surface area contributed by atoms with Crippen LogP contribution >= 0.6 is 11.8 Å². The van der Waals surface area contributed by atoms with E-state index in [9.17, 15) is 21.6 Å². The number of pyridine rings is 1. The van der Waals surface area contributed by atoms with Crippen molar-refractivity contribution in [3.8, 4) is 5.82 Å². The van der Waals surface area contributed by atoms with Crippen molar-refractivity contribution in [3.05, 3.63) is 66.4 Å². The molecule has 3 rings (SSSR count). The van der Waals surface area contributed by atoms with Gasteiger partial charge < -0.3 is 0 Å². The molecule has 0 saturated heterocycles. The number of rotatable bonds is 6. The van der Waals surface area contributed by atoms with Crippen LogP contribution in [0.15, 0.2) is 64.8 Å². The first-order chi connectivity index (χ1) is 13.1. The smallest absolute Gasteiger partial charge is 0.288 e. The highest BCUT2D eigenvalue weighted by atomic mass is 32.2. The Morgan fingerprint density at radius 2 is 1.82 bits per heavy atom. The van der Waals surface area contributed by atoms with Crippen LogP contribution in [-0.2, 0) is 16.6 Å². The van der Waals surface area contributed by atoms with Crippen molar-refractivity contribution in [2.75, 3.05) is 0 Å². The molecule has 3 aromatic rings. The standard InChI is InChI=1S/C17H15F3N4O2S2/c1-12-21-8-9-24(12)16-10-13(6-7-22-16)11-23-28(25,26)15-4-2-14(3-5-15)27-17(18,19)20/h2-10,23H,11H2,1H3. The lowest BCUT2D eigenvalue weighted by atomic mass is 10.2. The molecule has 6 nitrogen and oxygen atoms in total. The molecule has 0 unspecified atom stereocenters. The van der Waals surface area contributed by atoms with Crippen LogP contribution in [0.5, 0.6) is 0 Å². The quantitative estimate of drug-likeness (QED) is 0.607. The number of hydrogen-bond acceptors (Lipinski definition) is 5. The maximum Gasteiger partial charge on any atom is 0.446 e. The van der Waals surface area contributed by atoms with Gasteiger partial charge in [0.15, 0.2) is 0 Å². The van der Waals surface area contributed by atoms with Crippen molar-refractivity contribution in [1.82, 2.24) is 19.3 Å². The molecule has 0 fully saturated rings. The average molecular weight is 428 g/mol. The summed E-state index contributed by atoms with van der Waals surface area (Å²) in [4.78, 5) is 8.16. The molecule has 28 heavy (non-hydrogen) atoms. The fourth-order valence-corrected chi connectivity index (χ4v) is 3.96. The van der Waals surface area contributed by atoms with E-state index in [-0.39, 0.29) is 28.1 Å². The van der Waals surface area contributed by atoms with Gasteiger partial charge in [-0.05, 0) is 60.6 Å². The number of aryl methyl sites for hydroxylation is 1. The maximum atomic E-state index is 12.4. The fourth-order valence-electron chi connectivity index (χ4n) is 2.40. The van der Waals surface area contributed by atoms with Crippen LogP contribution in [0.3, 0.4) is 0 Å². The van der Waals surface area contributed by atoms with E-state index in [0.717, 1.165) is 30.1 Å². The summed E-state index contributed by atoms with van der Waals surface area (Å²) < 4.78 is 66.1. The van der Waals surface area contributed by atoms with Crippen molar-refractivity contribution < 1.29 is 21.6 Å². The number of aromatic nitrogens is 3. The number of nitrogens with zero attached hydrogens (tertiary/aromatic N) is 3. The Bertz CT molecular complexity index is 1060. The van der Waals surface area contributed by atoms with Gasteiger partial charge in [-0.25, -0.2) is 23.1 Å². The van der Waals surface area contributed by atoms with Crippen LogP contribution < -0.4 is 4.72 Å². The predicted octanol–water partition coefficient (Wildman–Crippen LogP) is 3.67. The Hall–Kier alpha value is -2.37. The third kappa shape index (κ3) is 5.12. The van der Waals surface area contributed by atoms with Crippen molar-refractivity contribution in [3.63, 3.8) is 0 Å². The van der Waals surface area contributed by atoms with E-state index in [2.05, 4.69) is 14.7 Å². The molecule has 0 spiro atoms. The first kappa shape index (κ1) is 20.4. The van der Waals surface area contributed by atoms with Gasteiger partial charge in [0.05, 0.1) is 4.90 Å². The fraction of sp³-hybridized carbons (Fsp3) is 0.176. The zero-order valence-corrected chi connectivity index (χ0v) is 16.1. The van der Waals surface area contributed by atoms with Gasteiger partial charge in [0, 0.05) is 30.0 Å². The number of alkyl halides is 3. The Kier molecular flexibility index (Phi) is 5.77. The summed E-state index contributed by atoms with van der Waals surface area (Å²) in [6, 6.07) is 7.92. The minimum atomic E-state index is -4.43. The van der Waals surface area contributed by atoms with Crippen LogP contribution in [0.4, 0.5) is 13.2 Å². The van der Waals surface area contributed by atoms with Crippen LogP contribution in [0.2, 0.25) is 0 Å². The van der Waals surface area contributed by atoms with Gasteiger partial charge in [-0.2, -0.15) is 13.2 Å². The molecule has 1 N–H and O–H groups in total. The van der Waals surface area contributed by atoms with Gasteiger partial charge in [-0.15, -0.1) is 0 Å². The van der Waals surface area contributed by atoms with E-state index in [1.54, 1.807) is 35.3 Å². The molecule has 0 bridgehead atoms. The molecule has 148 valence electrons. The zero-order chi connectivity index (χ0) is 20.4. The Balaban J connectivity index is 1.71. The lowest BCUT2D eigenvalue weighted by molar-refractivity contribution is -0.0328. The second-order valence-electron chi connectivity index (χ2n) is 5.71. The molecule has 0 amide bonds. The molecule has 0 radical (unpaired) electrons. The van der Waals surface area contributed by atoms with E-state index in [0.29, 0.717) is 11.4 Å². The van der Waals surface area contributed by atoms with E-state index >= 15 is 0 Å². The number of halogens is 3. The van der Waals surface area contributed by atoms with Crippen LogP contribution in [0.25, 0.3) is 5.82 Å². The summed E-state index contributed by atoms with van der Waals surface area (Å²) in [5, 5.41) is 0. The van der Waals surface area contributed by atoms with Crippen molar-refractivity contribution in [2.24, 2.45) is 0 Å². The Morgan fingerprint density at radius 3 is 2.43 bits per heavy atom. The molecule has 0 aliphatic heterocycles. The molecule has 1 aromatic carbocycles. The summed E-state index contributed by atoms with van der Waals surface area (Å²) in [5.74, 6) is 1.34. The van der Waals surface area contributed by atoms with Crippen LogP contribution in [0, 0.1) is 6.92 Å². The second-order valence-corrected chi connectivity index (χ2v) is 8.62. The van der Waals surface area contributed by atoms with Crippen LogP contribution in [0.1, 0.15) is 11.4 Å². The highest BCUT2D eigenvalue weighted by Gasteiger charge is 2.29. The summed E-state index contributed by atoms with van der Waals surface area (Å²) in [7, 11) is -3.87. The predicted molar refractivity (Wildman–Crippen MR) is 98.5 cm³/mol. The summed E-state index contributed by atoms with van der Waals surface area (Å²) in [6.45, 7) is 1.82. The average Bonchev–Trinajstić information content (AvgIpc) is 3.05. The van der Waals surface area contributed by atoms with E-state index < -0.39 is 15.5 Å². The lowest BCUT2D eigenvalue weighted by Crippen LogP contribution is -2.23. The first-order valence-electron chi connectivity index (χ1n) is 7.95. The SMILES string of the molecule is Cc1nccn1-c1cc(CNS(=O)(=O)c2ccc(SC(F)(F)F)cc2)ccn1. The summed E-state index contributed by atoms with van der Waals surface area (Å²) in [5.41, 5.74) is -3.75. The Labute approximate surface area is 163 Å². The lowest BCUT2D eigenvalue weighted by Gasteiger charge is -2.10. The second kappa shape index (κ2) is 7.94. The molecule has 0 atom stereocenters. The molecule has 2 heterocycles. The molecule has 0 aliphatic carbocycles. The minimum absolute atomic E-state index is 0.00461. The van der Waals surface area contributed by atoms with E-state index in [1.807, 2.05) is 6.92 Å². The van der Waals surface area contributed by atoms with Crippen LogP contribution in [-0.4, -0.2) is 28.5 Å². The highest BCUT2D eigenvalue weighted by Crippen LogP contribution is 2.36. The van der Waals surface area contributed by atoms with Gasteiger partial charge in [-0.1, -0.05) is 0 Å². The van der Waals surface area contributed by atoms with Crippen molar-refractivity contribution in [1.29, 1.82) is 0 Å². The molecular formula is C17H15F3N4O2S2. The number of thioether (sulfide) groups is 1. The molecular weight excluding hydrogens is 413 g/mol. The number of hydrogen-bond donors (Lipinski definition) is 1. The number of benzene rings is 1. The first-order valence-corrected chi connectivity index (χ1v) is 10.2. The summed E-state index contributed by atoms with van der Waals surface area (Å²) in [6.07, 6.45) is 4.93. The highest BCUT2D eigenvalue weighted by molar-refractivity contribution is 8.00. The summed E-state index contributed by atoms with van der Waals surface area (Å²) >= 11 is -0.298. The molecule has 0 aliphatic rings. The Morgan fingerprint density at radius 1 is 1.11 bits per heavy atom. The van der Waals surface area contributed by atoms with Crippen molar-refractivity contribution >= 4 is 21.8 Å². The largest absolute Gasteiger partial charge is 0.446 e. The van der Waals surface area contributed by atoms with Gasteiger partial charge >= 0.3 is 5.51 Å². The maximum absolute atomic E-state index is 12.4. The number of sulfonamides is 1.